The summed E-state index contributed by atoms with van der Waals surface area (Å²) in [6.45, 7) is 7.11. The molecule has 0 radical (unpaired) electrons. The van der Waals surface area contributed by atoms with Crippen LogP contribution in [0, 0.1) is 0 Å². The Hall–Kier alpha value is -6.93. The average Bonchev–Trinajstić information content (AvgIpc) is 4.04. The number of ether oxygens (including phenoxy) is 3. The fourth-order valence-corrected chi connectivity index (χ4v) is 9.90. The molecule has 380 valence electrons. The lowest BCUT2D eigenvalue weighted by molar-refractivity contribution is -0.137. The van der Waals surface area contributed by atoms with Crippen LogP contribution >= 0.6 is 0 Å². The van der Waals surface area contributed by atoms with Crippen LogP contribution in [-0.2, 0) is 36.9 Å². The molecule has 5 amide bonds. The Morgan fingerprint density at radius 2 is 1.61 bits per heavy atom. The lowest BCUT2D eigenvalue weighted by atomic mass is 9.85. The van der Waals surface area contributed by atoms with Crippen molar-refractivity contribution in [3.05, 3.63) is 119 Å². The second kappa shape index (κ2) is 24.0. The van der Waals surface area contributed by atoms with Gasteiger partial charge in [-0.3, -0.25) is 34.3 Å². The minimum absolute atomic E-state index is 0.0319. The number of piperazine rings is 1. The van der Waals surface area contributed by atoms with E-state index >= 15 is 0 Å². The molecule has 3 aromatic carbocycles. The number of carbonyl (C=O) groups is 5. The number of benzene rings is 3. The first kappa shape index (κ1) is 50.0. The lowest BCUT2D eigenvalue weighted by Gasteiger charge is -2.42. The highest BCUT2D eigenvalue weighted by atomic mass is 16.5. The number of amidine groups is 1. The summed E-state index contributed by atoms with van der Waals surface area (Å²) in [5.41, 5.74) is 12.0. The van der Waals surface area contributed by atoms with Crippen molar-refractivity contribution in [2.24, 2.45) is 4.99 Å². The Morgan fingerprint density at radius 1 is 0.819 bits per heavy atom. The minimum Gasteiger partial charge on any atom is -0.494 e. The maximum Gasteiger partial charge on any atom is 0.255 e. The van der Waals surface area contributed by atoms with Crippen LogP contribution in [0.5, 0.6) is 5.75 Å². The number of fused-ring (bicyclic) bond motifs is 1. The molecule has 6 N–H and O–H groups in total. The SMILES string of the molecule is O=C1CCC(N2Cc3cc(N4CCN(C(=O)COCCCOCCCCCOc5cccc(CNC(=O)c6cccc(NC7(C8N=C(c9ccncc9)NN8)CCNCC7)c6)c5)CC4)ccc3C2=O)C(=O)N1. The topological polar surface area (TPSA) is 220 Å². The molecule has 5 aliphatic heterocycles. The Labute approximate surface area is 419 Å². The maximum absolute atomic E-state index is 13.4. The second-order valence-corrected chi connectivity index (χ2v) is 18.9. The van der Waals surface area contributed by atoms with Crippen molar-refractivity contribution < 1.29 is 38.2 Å². The molecule has 1 aromatic heterocycles. The summed E-state index contributed by atoms with van der Waals surface area (Å²) in [6, 6.07) is 24.4. The highest BCUT2D eigenvalue weighted by molar-refractivity contribution is 6.05. The molecule has 0 aliphatic carbocycles. The average molecular weight is 984 g/mol. The Balaban J connectivity index is 0.606. The van der Waals surface area contributed by atoms with E-state index in [-0.39, 0.29) is 48.4 Å². The number of hydrogen-bond donors (Lipinski definition) is 6. The smallest absolute Gasteiger partial charge is 0.255 e. The summed E-state index contributed by atoms with van der Waals surface area (Å²) >= 11 is 0. The van der Waals surface area contributed by atoms with Crippen molar-refractivity contribution in [3.63, 3.8) is 0 Å². The first-order valence-electron chi connectivity index (χ1n) is 25.3. The van der Waals surface area contributed by atoms with Gasteiger partial charge in [-0.15, -0.1) is 0 Å². The monoisotopic (exact) mass is 984 g/mol. The molecule has 4 aromatic rings. The first-order chi connectivity index (χ1) is 35.2. The number of anilines is 2. The summed E-state index contributed by atoms with van der Waals surface area (Å²) in [6.07, 6.45) is 9.00. The standard InChI is InChI=1S/C53H65N11O8/c65-46-14-13-45(50(68)57-46)64-35-40-33-42(11-12-44(40)51(64)69)62-23-25-63(26-24-62)47(66)36-71-29-6-28-70-27-2-1-3-30-72-43-10-4-7-37(31-43)34-56-49(67)39-8-5-9-41(32-39)59-53(17-21-55-22-18-53)52-58-48(60-61-52)38-15-19-54-20-16-38/h4-5,7-12,15-16,19-20,31-33,45,52,55,59,61H,1-3,6,13-14,17-18,21-30,34-36H2,(H,56,67)(H,58,60)(H,57,65,68). The lowest BCUT2D eigenvalue weighted by Crippen LogP contribution is -2.59. The van der Waals surface area contributed by atoms with Crippen LogP contribution in [0.4, 0.5) is 11.4 Å². The fourth-order valence-electron chi connectivity index (χ4n) is 9.90. The molecule has 0 saturated carbocycles. The molecule has 6 heterocycles. The number of pyridine rings is 1. The van der Waals surface area contributed by atoms with Gasteiger partial charge in [-0.25, -0.2) is 10.4 Å². The number of rotatable bonds is 22. The number of aliphatic imine (C=N–C) groups is 1. The molecule has 19 nitrogen and oxygen atoms in total. The molecule has 3 saturated heterocycles. The quantitative estimate of drug-likeness (QED) is 0.0491. The summed E-state index contributed by atoms with van der Waals surface area (Å²) in [4.78, 5) is 78.1. The third-order valence-corrected chi connectivity index (χ3v) is 13.9. The molecule has 3 fully saturated rings. The normalized spacial score (nSPS) is 19.6. The van der Waals surface area contributed by atoms with Crippen LogP contribution in [0.15, 0.2) is 96.2 Å². The maximum atomic E-state index is 13.4. The van der Waals surface area contributed by atoms with E-state index in [1.165, 1.54) is 0 Å². The zero-order valence-corrected chi connectivity index (χ0v) is 40.7. The number of amides is 5. The zero-order chi connectivity index (χ0) is 49.7. The van der Waals surface area contributed by atoms with Gasteiger partial charge < -0.3 is 50.3 Å². The number of piperidine rings is 2. The van der Waals surface area contributed by atoms with E-state index in [0.29, 0.717) is 89.7 Å². The van der Waals surface area contributed by atoms with Gasteiger partial charge in [-0.1, -0.05) is 18.2 Å². The van der Waals surface area contributed by atoms with Gasteiger partial charge in [0.25, 0.3) is 11.8 Å². The van der Waals surface area contributed by atoms with Gasteiger partial charge in [-0.05, 0) is 130 Å². The first-order valence-corrected chi connectivity index (χ1v) is 25.3. The largest absolute Gasteiger partial charge is 0.494 e. The van der Waals surface area contributed by atoms with Crippen LogP contribution in [0.2, 0.25) is 0 Å². The van der Waals surface area contributed by atoms with Gasteiger partial charge in [0.05, 0.1) is 12.1 Å². The third-order valence-electron chi connectivity index (χ3n) is 13.9. The molecule has 9 rings (SSSR count). The highest BCUT2D eigenvalue weighted by Gasteiger charge is 2.43. The van der Waals surface area contributed by atoms with Crippen molar-refractivity contribution in [1.29, 1.82) is 0 Å². The number of nitrogens with one attached hydrogen (secondary N) is 6. The molecule has 0 bridgehead atoms. The van der Waals surface area contributed by atoms with Crippen molar-refractivity contribution in [1.82, 2.24) is 41.6 Å². The van der Waals surface area contributed by atoms with Crippen LogP contribution in [0.3, 0.4) is 0 Å². The number of hydrogen-bond acceptors (Lipinski definition) is 15. The third kappa shape index (κ3) is 12.6. The van der Waals surface area contributed by atoms with E-state index in [2.05, 4.69) is 42.0 Å². The van der Waals surface area contributed by atoms with Gasteiger partial charge in [0, 0.05) is 106 Å². The summed E-state index contributed by atoms with van der Waals surface area (Å²) < 4.78 is 17.5. The van der Waals surface area contributed by atoms with Crippen molar-refractivity contribution in [2.75, 3.05) is 82.5 Å². The van der Waals surface area contributed by atoms with E-state index in [1.54, 1.807) is 17.3 Å². The van der Waals surface area contributed by atoms with E-state index in [1.807, 2.05) is 83.8 Å². The number of nitrogens with zero attached hydrogens (tertiary/aromatic N) is 5. The molecule has 72 heavy (non-hydrogen) atoms. The molecular formula is C53H65N11O8. The van der Waals surface area contributed by atoms with E-state index < -0.39 is 11.9 Å². The van der Waals surface area contributed by atoms with Crippen LogP contribution in [0.25, 0.3) is 0 Å². The molecular weight excluding hydrogens is 919 g/mol. The van der Waals surface area contributed by atoms with E-state index in [0.717, 1.165) is 84.8 Å². The molecule has 19 heteroatoms. The molecule has 2 unspecified atom stereocenters. The summed E-state index contributed by atoms with van der Waals surface area (Å²) in [5.74, 6) is 0.432. The van der Waals surface area contributed by atoms with Gasteiger partial charge >= 0.3 is 0 Å². The number of aromatic nitrogens is 1. The minimum atomic E-state index is -0.643. The van der Waals surface area contributed by atoms with Gasteiger partial charge in [-0.2, -0.15) is 0 Å². The fraction of sp³-hybridized carbons (Fsp3) is 0.453. The Morgan fingerprint density at radius 3 is 2.44 bits per heavy atom. The van der Waals surface area contributed by atoms with Crippen molar-refractivity contribution in [2.45, 2.75) is 82.2 Å². The molecule has 0 spiro atoms. The van der Waals surface area contributed by atoms with Crippen molar-refractivity contribution in [3.8, 4) is 5.75 Å². The van der Waals surface area contributed by atoms with Crippen LogP contribution in [0.1, 0.15) is 88.8 Å². The zero-order valence-electron chi connectivity index (χ0n) is 40.7. The van der Waals surface area contributed by atoms with E-state index in [9.17, 15) is 24.0 Å². The number of unbranched alkanes of at least 4 members (excludes halogenated alkanes) is 2. The van der Waals surface area contributed by atoms with Crippen molar-refractivity contribution >= 4 is 46.7 Å². The van der Waals surface area contributed by atoms with Gasteiger partial charge in [0.1, 0.15) is 30.4 Å². The Kier molecular flexibility index (Phi) is 16.7. The van der Waals surface area contributed by atoms with Gasteiger partial charge in [0.2, 0.25) is 17.7 Å². The van der Waals surface area contributed by atoms with Crippen LogP contribution in [-0.4, -0.2) is 140 Å². The predicted octanol–water partition coefficient (Wildman–Crippen LogP) is 3.51. The highest BCUT2D eigenvalue weighted by Crippen LogP contribution is 2.32. The number of hydrazine groups is 1. The number of carbonyl (C=O) groups excluding carboxylic acids is 5. The predicted molar refractivity (Wildman–Crippen MR) is 270 cm³/mol. The second-order valence-electron chi connectivity index (χ2n) is 18.9. The van der Waals surface area contributed by atoms with E-state index in [4.69, 9.17) is 19.2 Å². The Bertz CT molecular complexity index is 2580. The van der Waals surface area contributed by atoms with Crippen LogP contribution < -0.4 is 41.8 Å². The summed E-state index contributed by atoms with van der Waals surface area (Å²) in [7, 11) is 0. The number of imide groups is 1. The molecule has 5 aliphatic rings. The van der Waals surface area contributed by atoms with Gasteiger partial charge in [0.15, 0.2) is 0 Å². The molecule has 2 atom stereocenters. The summed E-state index contributed by atoms with van der Waals surface area (Å²) in [5, 5.41) is 12.6.